The summed E-state index contributed by atoms with van der Waals surface area (Å²) < 4.78 is 25.1. The van der Waals surface area contributed by atoms with E-state index in [1.807, 2.05) is 12.1 Å². The van der Waals surface area contributed by atoms with Crippen LogP contribution in [0.3, 0.4) is 0 Å². The number of hydrogen-bond donors (Lipinski definition) is 2. The quantitative estimate of drug-likeness (QED) is 0.747. The Balaban J connectivity index is 1.62. The lowest BCUT2D eigenvalue weighted by atomic mass is 10.1. The highest BCUT2D eigenvalue weighted by molar-refractivity contribution is 6.04. The lowest BCUT2D eigenvalue weighted by Gasteiger charge is -2.21. The second-order valence-corrected chi connectivity index (χ2v) is 5.69. The molecule has 8 heteroatoms. The van der Waals surface area contributed by atoms with E-state index in [1.165, 1.54) is 12.1 Å². The van der Waals surface area contributed by atoms with Gasteiger partial charge in [-0.1, -0.05) is 24.3 Å². The lowest BCUT2D eigenvalue weighted by Crippen LogP contribution is -2.26. The molecule has 1 aliphatic heterocycles. The topological polar surface area (TPSA) is 99.4 Å². The average molecular weight is 354 g/mol. The fourth-order valence-electron chi connectivity index (χ4n) is 2.84. The third-order valence-corrected chi connectivity index (χ3v) is 4.00. The molecule has 1 aromatic heterocycles. The van der Waals surface area contributed by atoms with Crippen molar-refractivity contribution in [2.24, 2.45) is 0 Å². The molecule has 4 rings (SSSR count). The first-order valence-corrected chi connectivity index (χ1v) is 8.01. The zero-order chi connectivity index (χ0) is 18.1. The first kappa shape index (κ1) is 16.1. The second-order valence-electron chi connectivity index (χ2n) is 5.69. The Morgan fingerprint density at radius 3 is 2.85 bits per heavy atom. The number of nitrogen functional groups attached to an aromatic ring is 1. The molecule has 0 saturated carbocycles. The molecule has 132 valence electrons. The van der Waals surface area contributed by atoms with Crippen molar-refractivity contribution in [2.75, 3.05) is 18.9 Å². The Hall–Kier alpha value is -3.42. The Morgan fingerprint density at radius 2 is 1.96 bits per heavy atom. The average Bonchev–Trinajstić information content (AvgIpc) is 2.66. The van der Waals surface area contributed by atoms with Crippen molar-refractivity contribution in [3.63, 3.8) is 0 Å². The van der Waals surface area contributed by atoms with E-state index in [-0.39, 0.29) is 23.7 Å². The van der Waals surface area contributed by atoms with E-state index in [4.69, 9.17) is 15.2 Å². The highest BCUT2D eigenvalue weighted by Crippen LogP contribution is 2.33. The third kappa shape index (κ3) is 2.85. The van der Waals surface area contributed by atoms with Gasteiger partial charge in [-0.15, -0.1) is 0 Å². The predicted molar refractivity (Wildman–Crippen MR) is 92.5 cm³/mol. The Bertz CT molecular complexity index is 1010. The summed E-state index contributed by atoms with van der Waals surface area (Å²) >= 11 is 0. The van der Waals surface area contributed by atoms with E-state index in [0.29, 0.717) is 30.1 Å². The van der Waals surface area contributed by atoms with Crippen molar-refractivity contribution >= 4 is 22.8 Å². The highest BCUT2D eigenvalue weighted by Gasteiger charge is 2.19. The van der Waals surface area contributed by atoms with Gasteiger partial charge in [0.15, 0.2) is 11.5 Å². The molecule has 1 amide bonds. The first-order chi connectivity index (χ1) is 12.6. The van der Waals surface area contributed by atoms with Gasteiger partial charge in [-0.3, -0.25) is 4.79 Å². The number of para-hydroxylation sites is 2. The lowest BCUT2D eigenvalue weighted by molar-refractivity contribution is 0.0946. The molecule has 26 heavy (non-hydrogen) atoms. The summed E-state index contributed by atoms with van der Waals surface area (Å²) in [4.78, 5) is 20.5. The maximum atomic E-state index is 13.9. The second kappa shape index (κ2) is 6.47. The number of carbonyl (C=O) groups is 1. The normalized spacial score (nSPS) is 12.8. The van der Waals surface area contributed by atoms with E-state index in [2.05, 4.69) is 15.3 Å². The van der Waals surface area contributed by atoms with Gasteiger partial charge in [0.05, 0.1) is 0 Å². The summed E-state index contributed by atoms with van der Waals surface area (Å²) in [5, 5.41) is 3.06. The fourth-order valence-corrected chi connectivity index (χ4v) is 2.84. The first-order valence-electron chi connectivity index (χ1n) is 8.01. The molecule has 0 bridgehead atoms. The van der Waals surface area contributed by atoms with Gasteiger partial charge in [0.2, 0.25) is 5.95 Å². The highest BCUT2D eigenvalue weighted by atomic mass is 19.1. The van der Waals surface area contributed by atoms with Gasteiger partial charge in [-0.25, -0.2) is 14.4 Å². The number of hydrogen-bond acceptors (Lipinski definition) is 6. The molecule has 0 unspecified atom stereocenters. The van der Waals surface area contributed by atoms with Gasteiger partial charge in [0.25, 0.3) is 5.91 Å². The van der Waals surface area contributed by atoms with Gasteiger partial charge in [0.1, 0.15) is 30.2 Å². The van der Waals surface area contributed by atoms with Crippen molar-refractivity contribution in [2.45, 2.75) is 6.54 Å². The Morgan fingerprint density at radius 1 is 1.15 bits per heavy atom. The van der Waals surface area contributed by atoms with Gasteiger partial charge < -0.3 is 20.5 Å². The van der Waals surface area contributed by atoms with Crippen LogP contribution in [-0.4, -0.2) is 29.1 Å². The van der Waals surface area contributed by atoms with E-state index >= 15 is 0 Å². The number of halogens is 1. The summed E-state index contributed by atoms with van der Waals surface area (Å²) in [5.74, 6) is 0.0397. The molecule has 7 nitrogen and oxygen atoms in total. The number of nitrogens with two attached hydrogens (primary N) is 1. The minimum Gasteiger partial charge on any atom is -0.486 e. The fraction of sp³-hybridized carbons (Fsp3) is 0.167. The smallest absolute Gasteiger partial charge is 0.271 e. The van der Waals surface area contributed by atoms with Crippen LogP contribution >= 0.6 is 0 Å². The molecule has 0 fully saturated rings. The molecule has 0 radical (unpaired) electrons. The van der Waals surface area contributed by atoms with Crippen LogP contribution in [0.25, 0.3) is 10.9 Å². The van der Waals surface area contributed by atoms with Crippen molar-refractivity contribution < 1.29 is 18.7 Å². The number of rotatable bonds is 3. The molecule has 0 aliphatic carbocycles. The summed E-state index contributed by atoms with van der Waals surface area (Å²) in [6.45, 7) is 1.14. The molecule has 2 heterocycles. The Labute approximate surface area is 148 Å². The van der Waals surface area contributed by atoms with Gasteiger partial charge in [-0.2, -0.15) is 0 Å². The standard InChI is InChI=1S/C18H15FN4O3/c19-12-5-2-4-11-14(12)22-18(20)23-15(11)17(24)21-9-10-3-1-6-13-16(10)26-8-7-25-13/h1-6H,7-9H2,(H,21,24)(H2,20,22,23). The molecule has 0 spiro atoms. The van der Waals surface area contributed by atoms with Crippen LogP contribution in [0, 0.1) is 5.82 Å². The van der Waals surface area contributed by atoms with Gasteiger partial charge in [-0.05, 0) is 12.1 Å². The predicted octanol–water partition coefficient (Wildman–Crippen LogP) is 2.05. The number of aromatic nitrogens is 2. The molecule has 0 saturated heterocycles. The van der Waals surface area contributed by atoms with Crippen molar-refractivity contribution in [1.82, 2.24) is 15.3 Å². The van der Waals surface area contributed by atoms with E-state index in [1.54, 1.807) is 12.1 Å². The summed E-state index contributed by atoms with van der Waals surface area (Å²) in [5.41, 5.74) is 6.43. The van der Waals surface area contributed by atoms with Gasteiger partial charge >= 0.3 is 0 Å². The minimum atomic E-state index is -0.562. The molecular formula is C18H15FN4O3. The van der Waals surface area contributed by atoms with Crippen molar-refractivity contribution in [3.05, 3.63) is 53.5 Å². The number of benzene rings is 2. The van der Waals surface area contributed by atoms with Gasteiger partial charge in [0, 0.05) is 17.5 Å². The van der Waals surface area contributed by atoms with E-state index < -0.39 is 11.7 Å². The molecular weight excluding hydrogens is 339 g/mol. The van der Waals surface area contributed by atoms with Crippen LogP contribution in [0.15, 0.2) is 36.4 Å². The summed E-state index contributed by atoms with van der Waals surface area (Å²) in [6, 6.07) is 9.79. The van der Waals surface area contributed by atoms with Crippen LogP contribution in [0.2, 0.25) is 0 Å². The Kier molecular flexibility index (Phi) is 4.00. The van der Waals surface area contributed by atoms with Crippen LogP contribution in [0.5, 0.6) is 11.5 Å². The molecule has 3 aromatic rings. The van der Waals surface area contributed by atoms with Crippen molar-refractivity contribution in [1.29, 1.82) is 0 Å². The number of amides is 1. The SMILES string of the molecule is Nc1nc(C(=O)NCc2cccc3c2OCCO3)c2cccc(F)c2n1. The monoisotopic (exact) mass is 354 g/mol. The maximum Gasteiger partial charge on any atom is 0.271 e. The van der Waals surface area contributed by atoms with E-state index in [9.17, 15) is 9.18 Å². The third-order valence-electron chi connectivity index (χ3n) is 4.00. The van der Waals surface area contributed by atoms with E-state index in [0.717, 1.165) is 5.56 Å². The summed E-state index contributed by atoms with van der Waals surface area (Å²) in [6.07, 6.45) is 0. The zero-order valence-electron chi connectivity index (χ0n) is 13.7. The summed E-state index contributed by atoms with van der Waals surface area (Å²) in [7, 11) is 0. The van der Waals surface area contributed by atoms with Crippen molar-refractivity contribution in [3.8, 4) is 11.5 Å². The largest absolute Gasteiger partial charge is 0.486 e. The minimum absolute atomic E-state index is 0.0129. The number of nitrogens with one attached hydrogen (secondary N) is 1. The number of anilines is 1. The molecule has 2 aromatic carbocycles. The van der Waals surface area contributed by atoms with Crippen LogP contribution in [0.4, 0.5) is 10.3 Å². The molecule has 0 atom stereocenters. The van der Waals surface area contributed by atoms with Crippen LogP contribution in [-0.2, 0) is 6.54 Å². The van der Waals surface area contributed by atoms with Crippen LogP contribution in [0.1, 0.15) is 16.1 Å². The molecule has 3 N–H and O–H groups in total. The number of carbonyl (C=O) groups excluding carboxylic acids is 1. The van der Waals surface area contributed by atoms with Crippen LogP contribution < -0.4 is 20.5 Å². The number of nitrogens with zero attached hydrogens (tertiary/aromatic N) is 2. The molecule has 1 aliphatic rings. The zero-order valence-corrected chi connectivity index (χ0v) is 13.7. The number of ether oxygens (including phenoxy) is 2. The number of fused-ring (bicyclic) bond motifs is 2. The maximum absolute atomic E-state index is 13.9.